The lowest BCUT2D eigenvalue weighted by atomic mass is 9.88. The SMILES string of the molecule is CCN1/C(=C/C=C2\CCC/C(=C\C=C3/Sc4ccccc4N3CC)C2=O)Sc2ccccc21. The average Bonchev–Trinajstić information content (AvgIpc) is 3.39. The quantitative estimate of drug-likeness (QED) is 0.428. The van der Waals surface area contributed by atoms with Crippen LogP contribution in [0.2, 0.25) is 0 Å². The van der Waals surface area contributed by atoms with E-state index in [4.69, 9.17) is 0 Å². The van der Waals surface area contributed by atoms with Crippen molar-refractivity contribution in [3.8, 4) is 0 Å². The number of ketones is 1. The van der Waals surface area contributed by atoms with Crippen LogP contribution < -0.4 is 9.80 Å². The van der Waals surface area contributed by atoms with E-state index in [1.165, 1.54) is 31.2 Å². The molecule has 5 heteroatoms. The van der Waals surface area contributed by atoms with Gasteiger partial charge in [0.25, 0.3) is 0 Å². The van der Waals surface area contributed by atoms with Crippen LogP contribution >= 0.6 is 23.5 Å². The van der Waals surface area contributed by atoms with Crippen LogP contribution in [0.4, 0.5) is 11.4 Å². The highest BCUT2D eigenvalue weighted by molar-refractivity contribution is 8.04. The molecule has 1 fully saturated rings. The van der Waals surface area contributed by atoms with E-state index in [1.807, 2.05) is 0 Å². The van der Waals surface area contributed by atoms with Crippen molar-refractivity contribution in [3.05, 3.63) is 94.0 Å². The number of hydrogen-bond acceptors (Lipinski definition) is 5. The minimum atomic E-state index is 0.196. The van der Waals surface area contributed by atoms with Gasteiger partial charge in [0, 0.05) is 22.9 Å². The predicted molar refractivity (Wildman–Crippen MR) is 142 cm³/mol. The number of benzene rings is 2. The maximum Gasteiger partial charge on any atom is 0.184 e. The Morgan fingerprint density at radius 2 is 1.18 bits per heavy atom. The van der Waals surface area contributed by atoms with Crippen molar-refractivity contribution in [2.45, 2.75) is 42.9 Å². The Morgan fingerprint density at radius 1 is 0.727 bits per heavy atom. The van der Waals surface area contributed by atoms with Crippen LogP contribution in [0.15, 0.2) is 104 Å². The number of para-hydroxylation sites is 2. The summed E-state index contributed by atoms with van der Waals surface area (Å²) in [5.74, 6) is 0.196. The van der Waals surface area contributed by atoms with E-state index in [1.54, 1.807) is 23.5 Å². The van der Waals surface area contributed by atoms with Gasteiger partial charge < -0.3 is 9.80 Å². The van der Waals surface area contributed by atoms with Crippen LogP contribution in [0.3, 0.4) is 0 Å². The molecule has 0 aromatic heterocycles. The Bertz CT molecular complexity index is 1120. The van der Waals surface area contributed by atoms with Gasteiger partial charge in [-0.1, -0.05) is 59.9 Å². The summed E-state index contributed by atoms with van der Waals surface area (Å²) in [6, 6.07) is 17.0. The summed E-state index contributed by atoms with van der Waals surface area (Å²) in [7, 11) is 0. The Hall–Kier alpha value is -2.63. The number of rotatable bonds is 4. The van der Waals surface area contributed by atoms with Gasteiger partial charge in [0.15, 0.2) is 5.78 Å². The van der Waals surface area contributed by atoms with Crippen LogP contribution in [-0.4, -0.2) is 18.9 Å². The molecule has 0 atom stereocenters. The topological polar surface area (TPSA) is 23.6 Å². The third-order valence-corrected chi connectivity index (χ3v) is 8.50. The molecule has 2 heterocycles. The normalized spacial score (nSPS) is 22.7. The van der Waals surface area contributed by atoms with Gasteiger partial charge in [0.2, 0.25) is 0 Å². The fourth-order valence-electron chi connectivity index (χ4n) is 4.57. The Kier molecular flexibility index (Phi) is 6.52. The molecule has 0 saturated heterocycles. The molecule has 168 valence electrons. The number of Topliss-reactive ketones (excluding diaryl/α,β-unsaturated/α-hetero) is 1. The summed E-state index contributed by atoms with van der Waals surface area (Å²) >= 11 is 3.56. The number of carbonyl (C=O) groups excluding carboxylic acids is 1. The van der Waals surface area contributed by atoms with Crippen molar-refractivity contribution in [3.63, 3.8) is 0 Å². The molecular weight excluding hydrogens is 444 g/mol. The molecule has 3 aliphatic rings. The first-order valence-electron chi connectivity index (χ1n) is 11.6. The van der Waals surface area contributed by atoms with Gasteiger partial charge in [-0.05, 0) is 80.7 Å². The molecule has 2 aromatic carbocycles. The predicted octanol–water partition coefficient (Wildman–Crippen LogP) is 7.54. The number of nitrogens with zero attached hydrogens (tertiary/aromatic N) is 2. The van der Waals surface area contributed by atoms with Crippen molar-refractivity contribution < 1.29 is 4.79 Å². The first-order valence-corrected chi connectivity index (χ1v) is 13.3. The number of hydrogen-bond donors (Lipinski definition) is 0. The summed E-state index contributed by atoms with van der Waals surface area (Å²) in [4.78, 5) is 20.4. The van der Waals surface area contributed by atoms with Crippen LogP contribution in [0.5, 0.6) is 0 Å². The lowest BCUT2D eigenvalue weighted by Crippen LogP contribution is -2.17. The second-order valence-electron chi connectivity index (χ2n) is 8.20. The van der Waals surface area contributed by atoms with Crippen LogP contribution in [0.25, 0.3) is 0 Å². The van der Waals surface area contributed by atoms with E-state index < -0.39 is 0 Å². The highest BCUT2D eigenvalue weighted by atomic mass is 32.2. The van der Waals surface area contributed by atoms with E-state index >= 15 is 0 Å². The number of allylic oxidation sites excluding steroid dienone is 6. The van der Waals surface area contributed by atoms with Gasteiger partial charge in [-0.15, -0.1) is 0 Å². The summed E-state index contributed by atoms with van der Waals surface area (Å²) in [6.07, 6.45) is 11.1. The summed E-state index contributed by atoms with van der Waals surface area (Å²) in [6.45, 7) is 6.17. The second-order valence-corrected chi connectivity index (χ2v) is 10.3. The third-order valence-electron chi connectivity index (χ3n) is 6.24. The van der Waals surface area contributed by atoms with Crippen molar-refractivity contribution >= 4 is 40.7 Å². The minimum Gasteiger partial charge on any atom is -0.335 e. The summed E-state index contributed by atoms with van der Waals surface area (Å²) < 4.78 is 0. The number of anilines is 2. The second kappa shape index (κ2) is 9.70. The molecule has 0 N–H and O–H groups in total. The van der Waals surface area contributed by atoms with E-state index in [-0.39, 0.29) is 5.78 Å². The number of fused-ring (bicyclic) bond motifs is 2. The van der Waals surface area contributed by atoms with Crippen molar-refractivity contribution in [2.75, 3.05) is 22.9 Å². The maximum atomic E-state index is 13.2. The number of carbonyl (C=O) groups is 1. The molecule has 0 radical (unpaired) electrons. The fraction of sp³-hybridized carbons (Fsp3) is 0.250. The van der Waals surface area contributed by atoms with E-state index in [0.29, 0.717) is 0 Å². The Balaban J connectivity index is 1.36. The maximum absolute atomic E-state index is 13.2. The summed E-state index contributed by atoms with van der Waals surface area (Å²) in [5, 5.41) is 2.38. The third kappa shape index (κ3) is 4.32. The molecule has 0 amide bonds. The Labute approximate surface area is 204 Å². The number of thioether (sulfide) groups is 2. The van der Waals surface area contributed by atoms with Crippen LogP contribution in [-0.2, 0) is 4.79 Å². The first-order chi connectivity index (χ1) is 16.2. The van der Waals surface area contributed by atoms with Crippen molar-refractivity contribution in [1.29, 1.82) is 0 Å². The molecule has 0 bridgehead atoms. The van der Waals surface area contributed by atoms with Gasteiger partial charge in [-0.25, -0.2) is 0 Å². The van der Waals surface area contributed by atoms with Crippen molar-refractivity contribution in [1.82, 2.24) is 0 Å². The standard InChI is InChI=1S/C28H28N2OS2/c1-3-29-22-12-5-7-14-24(22)32-26(29)18-16-20-10-9-11-21(28(20)31)17-19-27-30(4-2)23-13-6-8-15-25(23)33-27/h5-8,12-19H,3-4,9-11H2,1-2H3/b20-16+,21-17+,26-18-,27-19-. The molecular formula is C28H28N2OS2. The highest BCUT2D eigenvalue weighted by Crippen LogP contribution is 2.46. The monoisotopic (exact) mass is 472 g/mol. The lowest BCUT2D eigenvalue weighted by Gasteiger charge is -2.19. The molecule has 1 saturated carbocycles. The van der Waals surface area contributed by atoms with Crippen molar-refractivity contribution in [2.24, 2.45) is 0 Å². The average molecular weight is 473 g/mol. The van der Waals surface area contributed by atoms with Gasteiger partial charge in [-0.2, -0.15) is 0 Å². The van der Waals surface area contributed by atoms with Crippen LogP contribution in [0.1, 0.15) is 33.1 Å². The Morgan fingerprint density at radius 3 is 1.64 bits per heavy atom. The largest absolute Gasteiger partial charge is 0.335 e. The molecule has 33 heavy (non-hydrogen) atoms. The van der Waals surface area contributed by atoms with Crippen LogP contribution in [0, 0.1) is 0 Å². The van der Waals surface area contributed by atoms with E-state index in [9.17, 15) is 4.79 Å². The highest BCUT2D eigenvalue weighted by Gasteiger charge is 2.25. The molecule has 0 spiro atoms. The smallest absolute Gasteiger partial charge is 0.184 e. The van der Waals surface area contributed by atoms with Gasteiger partial charge in [0.1, 0.15) is 0 Å². The minimum absolute atomic E-state index is 0.196. The van der Waals surface area contributed by atoms with Gasteiger partial charge >= 0.3 is 0 Å². The fourth-order valence-corrected chi connectivity index (χ4v) is 6.83. The van der Waals surface area contributed by atoms with Gasteiger partial charge in [-0.3, -0.25) is 4.79 Å². The molecule has 5 rings (SSSR count). The molecule has 1 aliphatic carbocycles. The molecule has 0 unspecified atom stereocenters. The molecule has 2 aliphatic heterocycles. The lowest BCUT2D eigenvalue weighted by molar-refractivity contribution is -0.113. The zero-order chi connectivity index (χ0) is 22.8. The van der Waals surface area contributed by atoms with Gasteiger partial charge in [0.05, 0.1) is 21.4 Å². The summed E-state index contributed by atoms with van der Waals surface area (Å²) in [5.41, 5.74) is 4.35. The van der Waals surface area contributed by atoms with E-state index in [0.717, 1.165) is 43.5 Å². The first kappa shape index (κ1) is 22.2. The zero-order valence-electron chi connectivity index (χ0n) is 19.1. The molecule has 2 aromatic rings. The molecule has 3 nitrogen and oxygen atoms in total. The zero-order valence-corrected chi connectivity index (χ0v) is 20.7. The van der Waals surface area contributed by atoms with E-state index in [2.05, 4.69) is 96.5 Å².